The predicted molar refractivity (Wildman–Crippen MR) is 72.1 cm³/mol. The molecule has 2 heterocycles. The number of carboxylic acid groups (broad SMARTS) is 1. The van der Waals surface area contributed by atoms with Gasteiger partial charge in [-0.2, -0.15) is 5.10 Å². The first kappa shape index (κ1) is 13.4. The van der Waals surface area contributed by atoms with Gasteiger partial charge in [-0.05, 0) is 13.8 Å². The molecule has 19 heavy (non-hydrogen) atoms. The second kappa shape index (κ2) is 5.27. The molecule has 0 spiro atoms. The number of halogens is 1. The Balaban J connectivity index is 2.45. The molecule has 0 radical (unpaired) electrons. The fraction of sp³-hybridized carbons (Fsp3) is 0.250. The monoisotopic (exact) mass is 280 g/mol. The summed E-state index contributed by atoms with van der Waals surface area (Å²) in [5.74, 6) is -1.02. The zero-order chi connectivity index (χ0) is 14.0. The van der Waals surface area contributed by atoms with Crippen LogP contribution in [0.2, 0.25) is 5.15 Å². The molecule has 6 nitrogen and oxygen atoms in total. The molecule has 0 amide bonds. The van der Waals surface area contributed by atoms with Crippen molar-refractivity contribution in [3.05, 3.63) is 35.4 Å². The molecular weight excluding hydrogens is 268 g/mol. The van der Waals surface area contributed by atoms with E-state index in [1.807, 2.05) is 13.8 Å². The number of aromatic nitrogens is 3. The molecule has 0 saturated heterocycles. The van der Waals surface area contributed by atoms with Gasteiger partial charge in [-0.15, -0.1) is 0 Å². The van der Waals surface area contributed by atoms with Gasteiger partial charge < -0.3 is 10.4 Å². The van der Waals surface area contributed by atoms with Crippen LogP contribution in [0.15, 0.2) is 24.7 Å². The summed E-state index contributed by atoms with van der Waals surface area (Å²) in [6, 6.07) is 1.88. The second-order valence-electron chi connectivity index (χ2n) is 4.30. The maximum atomic E-state index is 10.9. The Kier molecular flexibility index (Phi) is 3.71. The number of pyridine rings is 1. The number of hydrogen-bond donors (Lipinski definition) is 2. The summed E-state index contributed by atoms with van der Waals surface area (Å²) in [4.78, 5) is 14.9. The molecule has 0 saturated carbocycles. The quantitative estimate of drug-likeness (QED) is 0.841. The van der Waals surface area contributed by atoms with E-state index in [1.54, 1.807) is 12.3 Å². The number of aromatic carboxylic acids is 1. The smallest absolute Gasteiger partial charge is 0.338 e. The molecule has 0 aliphatic heterocycles. The fourth-order valence-corrected chi connectivity index (χ4v) is 1.75. The number of nitrogens with zero attached hydrogens (tertiary/aromatic N) is 3. The lowest BCUT2D eigenvalue weighted by molar-refractivity contribution is 0.0697. The summed E-state index contributed by atoms with van der Waals surface area (Å²) < 4.78 is 1.46. The van der Waals surface area contributed by atoms with Crippen LogP contribution in [0, 0.1) is 0 Å². The van der Waals surface area contributed by atoms with Crippen molar-refractivity contribution in [1.29, 1.82) is 0 Å². The first-order valence-electron chi connectivity index (χ1n) is 5.68. The fourth-order valence-electron chi connectivity index (χ4n) is 1.60. The van der Waals surface area contributed by atoms with Crippen molar-refractivity contribution in [3.63, 3.8) is 0 Å². The van der Waals surface area contributed by atoms with Crippen LogP contribution in [-0.2, 0) is 0 Å². The lowest BCUT2D eigenvalue weighted by Gasteiger charge is -2.14. The third-order valence-electron chi connectivity index (χ3n) is 2.37. The molecule has 0 fully saturated rings. The minimum atomic E-state index is -1.02. The van der Waals surface area contributed by atoms with Gasteiger partial charge in [0.1, 0.15) is 10.8 Å². The number of anilines is 1. The summed E-state index contributed by atoms with van der Waals surface area (Å²) in [6.45, 7) is 3.98. The molecule has 7 heteroatoms. The van der Waals surface area contributed by atoms with E-state index < -0.39 is 5.97 Å². The van der Waals surface area contributed by atoms with Crippen molar-refractivity contribution < 1.29 is 9.90 Å². The molecule has 0 bridgehead atoms. The van der Waals surface area contributed by atoms with Crippen molar-refractivity contribution in [2.24, 2.45) is 0 Å². The van der Waals surface area contributed by atoms with Crippen molar-refractivity contribution in [2.75, 3.05) is 5.32 Å². The standard InChI is InChI=1S/C12H13ClN4O2/c1-7(2)16-9-3-11(13)14-5-10(9)17-6-8(4-15-17)12(18)19/h3-7H,1-2H3,(H,14,16)(H,18,19). The van der Waals surface area contributed by atoms with Gasteiger partial charge >= 0.3 is 5.97 Å². The van der Waals surface area contributed by atoms with Crippen molar-refractivity contribution in [1.82, 2.24) is 14.8 Å². The topological polar surface area (TPSA) is 80.0 Å². The zero-order valence-electron chi connectivity index (χ0n) is 10.5. The van der Waals surface area contributed by atoms with Crippen LogP contribution in [0.4, 0.5) is 5.69 Å². The molecular formula is C12H13ClN4O2. The lowest BCUT2D eigenvalue weighted by Crippen LogP contribution is -2.12. The predicted octanol–water partition coefficient (Wildman–Crippen LogP) is 2.44. The molecule has 2 N–H and O–H groups in total. The maximum Gasteiger partial charge on any atom is 0.338 e. The van der Waals surface area contributed by atoms with Crippen molar-refractivity contribution in [2.45, 2.75) is 19.9 Å². The Bertz CT molecular complexity index is 610. The Labute approximate surface area is 115 Å². The SMILES string of the molecule is CC(C)Nc1cc(Cl)ncc1-n1cc(C(=O)O)cn1. The van der Waals surface area contributed by atoms with Gasteiger partial charge in [0, 0.05) is 18.3 Å². The van der Waals surface area contributed by atoms with Crippen LogP contribution in [-0.4, -0.2) is 31.9 Å². The normalized spacial score (nSPS) is 10.7. The first-order chi connectivity index (χ1) is 8.97. The Hall–Kier alpha value is -2.08. The molecule has 2 rings (SSSR count). The average molecular weight is 281 g/mol. The van der Waals surface area contributed by atoms with E-state index in [1.165, 1.54) is 17.1 Å². The van der Waals surface area contributed by atoms with Crippen LogP contribution in [0.1, 0.15) is 24.2 Å². The number of hydrogen-bond acceptors (Lipinski definition) is 4. The molecule has 2 aromatic rings. The van der Waals surface area contributed by atoms with Gasteiger partial charge in [-0.1, -0.05) is 11.6 Å². The van der Waals surface area contributed by atoms with E-state index in [0.29, 0.717) is 10.8 Å². The summed E-state index contributed by atoms with van der Waals surface area (Å²) in [6.07, 6.45) is 4.26. The van der Waals surface area contributed by atoms with E-state index in [2.05, 4.69) is 15.4 Å². The van der Waals surface area contributed by atoms with Gasteiger partial charge in [0.2, 0.25) is 0 Å². The van der Waals surface area contributed by atoms with Crippen LogP contribution in [0.3, 0.4) is 0 Å². The molecule has 2 aromatic heterocycles. The van der Waals surface area contributed by atoms with Gasteiger partial charge in [0.25, 0.3) is 0 Å². The van der Waals surface area contributed by atoms with Crippen LogP contribution in [0.5, 0.6) is 0 Å². The molecule has 100 valence electrons. The number of nitrogens with one attached hydrogen (secondary N) is 1. The van der Waals surface area contributed by atoms with Crippen LogP contribution < -0.4 is 5.32 Å². The Morgan fingerprint density at radius 1 is 1.47 bits per heavy atom. The zero-order valence-corrected chi connectivity index (χ0v) is 11.2. The summed E-state index contributed by atoms with van der Waals surface area (Å²) in [5, 5.41) is 16.5. The molecule has 0 aliphatic rings. The van der Waals surface area contributed by atoms with E-state index in [0.717, 1.165) is 5.69 Å². The first-order valence-corrected chi connectivity index (χ1v) is 6.05. The van der Waals surface area contributed by atoms with Crippen molar-refractivity contribution in [3.8, 4) is 5.69 Å². The second-order valence-corrected chi connectivity index (χ2v) is 4.69. The highest BCUT2D eigenvalue weighted by atomic mass is 35.5. The van der Waals surface area contributed by atoms with Crippen LogP contribution in [0.25, 0.3) is 5.69 Å². The summed E-state index contributed by atoms with van der Waals surface area (Å²) in [5.41, 5.74) is 1.51. The van der Waals surface area contributed by atoms with E-state index in [4.69, 9.17) is 16.7 Å². The minimum absolute atomic E-state index is 0.116. The summed E-state index contributed by atoms with van der Waals surface area (Å²) >= 11 is 5.87. The number of carbonyl (C=O) groups is 1. The number of rotatable bonds is 4. The third kappa shape index (κ3) is 3.03. The van der Waals surface area contributed by atoms with E-state index in [-0.39, 0.29) is 11.6 Å². The third-order valence-corrected chi connectivity index (χ3v) is 2.58. The Morgan fingerprint density at radius 2 is 2.21 bits per heavy atom. The molecule has 0 aromatic carbocycles. The maximum absolute atomic E-state index is 10.9. The highest BCUT2D eigenvalue weighted by molar-refractivity contribution is 6.29. The van der Waals surface area contributed by atoms with Gasteiger partial charge in [0.15, 0.2) is 0 Å². The van der Waals surface area contributed by atoms with E-state index >= 15 is 0 Å². The highest BCUT2D eigenvalue weighted by Gasteiger charge is 2.12. The largest absolute Gasteiger partial charge is 0.478 e. The molecule has 0 atom stereocenters. The van der Waals surface area contributed by atoms with Crippen molar-refractivity contribution >= 4 is 23.3 Å². The van der Waals surface area contributed by atoms with E-state index in [9.17, 15) is 4.79 Å². The lowest BCUT2D eigenvalue weighted by atomic mass is 10.3. The van der Waals surface area contributed by atoms with Gasteiger partial charge in [-0.25, -0.2) is 14.5 Å². The van der Waals surface area contributed by atoms with Gasteiger partial charge in [0.05, 0.1) is 23.6 Å². The minimum Gasteiger partial charge on any atom is -0.478 e. The van der Waals surface area contributed by atoms with Gasteiger partial charge in [-0.3, -0.25) is 0 Å². The Morgan fingerprint density at radius 3 is 2.79 bits per heavy atom. The molecule has 0 aliphatic carbocycles. The summed E-state index contributed by atoms with van der Waals surface area (Å²) in [7, 11) is 0. The number of carboxylic acids is 1. The van der Waals surface area contributed by atoms with Crippen LogP contribution >= 0.6 is 11.6 Å². The average Bonchev–Trinajstić information content (AvgIpc) is 2.77. The molecule has 0 unspecified atom stereocenters. The highest BCUT2D eigenvalue weighted by Crippen LogP contribution is 2.23.